The highest BCUT2D eigenvalue weighted by molar-refractivity contribution is 8.00. The number of amides is 2. The molecule has 0 heterocycles. The van der Waals surface area contributed by atoms with Crippen LogP contribution in [-0.2, 0) is 16.1 Å². The Morgan fingerprint density at radius 1 is 1.03 bits per heavy atom. The number of nitrogens with one attached hydrogen (secondary N) is 1. The van der Waals surface area contributed by atoms with E-state index >= 15 is 0 Å². The van der Waals surface area contributed by atoms with E-state index in [0.717, 1.165) is 22.4 Å². The predicted molar refractivity (Wildman–Crippen MR) is 121 cm³/mol. The molecule has 0 aromatic heterocycles. The van der Waals surface area contributed by atoms with Crippen LogP contribution in [0.1, 0.15) is 43.9 Å². The minimum Gasteiger partial charge on any atom is -0.352 e. The van der Waals surface area contributed by atoms with Gasteiger partial charge in [0.1, 0.15) is 6.04 Å². The number of benzene rings is 2. The molecular weight excluding hydrogens is 380 g/mol. The van der Waals surface area contributed by atoms with Gasteiger partial charge < -0.3 is 10.2 Å². The van der Waals surface area contributed by atoms with Crippen LogP contribution in [-0.4, -0.2) is 34.6 Å². The highest BCUT2D eigenvalue weighted by Gasteiger charge is 2.27. The van der Waals surface area contributed by atoms with E-state index in [0.29, 0.717) is 12.3 Å². The highest BCUT2D eigenvalue weighted by atomic mass is 32.2. The molecule has 0 radical (unpaired) electrons. The average Bonchev–Trinajstić information content (AvgIpc) is 2.71. The van der Waals surface area contributed by atoms with Gasteiger partial charge in [-0.2, -0.15) is 0 Å². The van der Waals surface area contributed by atoms with Crippen LogP contribution in [0.25, 0.3) is 0 Å². The van der Waals surface area contributed by atoms with Crippen molar-refractivity contribution in [1.29, 1.82) is 0 Å². The fraction of sp³-hybridized carbons (Fsp3) is 0.417. The molecule has 2 atom stereocenters. The number of nitrogens with zero attached hydrogens (tertiary/aromatic N) is 1. The van der Waals surface area contributed by atoms with Gasteiger partial charge in [-0.3, -0.25) is 9.59 Å². The van der Waals surface area contributed by atoms with Crippen molar-refractivity contribution in [2.75, 3.05) is 5.75 Å². The number of aryl methyl sites for hydroxylation is 2. The Hall–Kier alpha value is -2.27. The van der Waals surface area contributed by atoms with E-state index in [1.165, 1.54) is 17.3 Å². The molecule has 2 amide bonds. The Bertz CT molecular complexity index is 820. The standard InChI is InChI=1S/C24H32N2O2S/c1-6-19(4)25-24(28)20(5)26(15-21-10-8-7-9-18(21)3)23(27)16-29-22-13-11-17(2)12-14-22/h7-14,19-20H,6,15-16H2,1-5H3,(H,25,28)/t19-,20+/m1/s1. The molecule has 2 aromatic carbocycles. The molecule has 0 fully saturated rings. The number of thioether (sulfide) groups is 1. The number of carbonyl (C=O) groups is 2. The lowest BCUT2D eigenvalue weighted by Gasteiger charge is -2.30. The van der Waals surface area contributed by atoms with Crippen molar-refractivity contribution in [3.05, 3.63) is 65.2 Å². The zero-order valence-corrected chi connectivity index (χ0v) is 18.9. The molecule has 0 aliphatic heterocycles. The molecule has 156 valence electrons. The first-order chi connectivity index (χ1) is 13.8. The topological polar surface area (TPSA) is 49.4 Å². The molecule has 0 aliphatic carbocycles. The van der Waals surface area contributed by atoms with Crippen molar-refractivity contribution in [1.82, 2.24) is 10.2 Å². The van der Waals surface area contributed by atoms with Gasteiger partial charge in [0, 0.05) is 17.5 Å². The monoisotopic (exact) mass is 412 g/mol. The lowest BCUT2D eigenvalue weighted by molar-refractivity contribution is -0.138. The summed E-state index contributed by atoms with van der Waals surface area (Å²) in [5.41, 5.74) is 3.37. The normalized spacial score (nSPS) is 12.9. The fourth-order valence-electron chi connectivity index (χ4n) is 2.88. The molecule has 0 saturated heterocycles. The van der Waals surface area contributed by atoms with E-state index < -0.39 is 6.04 Å². The third-order valence-corrected chi connectivity index (χ3v) is 6.15. The van der Waals surface area contributed by atoms with Gasteiger partial charge >= 0.3 is 0 Å². The molecular formula is C24H32N2O2S. The molecule has 0 saturated carbocycles. The molecule has 1 N–H and O–H groups in total. The SMILES string of the molecule is CC[C@@H](C)NC(=O)[C@H](C)N(Cc1ccccc1C)C(=O)CSc1ccc(C)cc1. The predicted octanol–water partition coefficient (Wildman–Crippen LogP) is 4.73. The maximum absolute atomic E-state index is 13.1. The summed E-state index contributed by atoms with van der Waals surface area (Å²) in [6.07, 6.45) is 0.855. The number of hydrogen-bond donors (Lipinski definition) is 1. The summed E-state index contributed by atoms with van der Waals surface area (Å²) in [7, 11) is 0. The molecule has 2 rings (SSSR count). The van der Waals surface area contributed by atoms with Crippen LogP contribution < -0.4 is 5.32 Å². The molecule has 5 heteroatoms. The van der Waals surface area contributed by atoms with E-state index in [-0.39, 0.29) is 17.9 Å². The fourth-order valence-corrected chi connectivity index (χ4v) is 3.67. The highest BCUT2D eigenvalue weighted by Crippen LogP contribution is 2.21. The lowest BCUT2D eigenvalue weighted by atomic mass is 10.1. The second kappa shape index (κ2) is 11.1. The Balaban J connectivity index is 2.15. The van der Waals surface area contributed by atoms with Gasteiger partial charge in [0.15, 0.2) is 0 Å². The van der Waals surface area contributed by atoms with E-state index in [9.17, 15) is 9.59 Å². The van der Waals surface area contributed by atoms with E-state index in [1.807, 2.05) is 83.1 Å². The second-order valence-corrected chi connectivity index (χ2v) is 8.59. The number of rotatable bonds is 9. The van der Waals surface area contributed by atoms with Crippen molar-refractivity contribution in [3.8, 4) is 0 Å². The Morgan fingerprint density at radius 2 is 1.69 bits per heavy atom. The summed E-state index contributed by atoms with van der Waals surface area (Å²) in [6.45, 7) is 10.3. The maximum Gasteiger partial charge on any atom is 0.242 e. The first-order valence-corrected chi connectivity index (χ1v) is 11.1. The van der Waals surface area contributed by atoms with Crippen LogP contribution in [0.15, 0.2) is 53.4 Å². The van der Waals surface area contributed by atoms with Gasteiger partial charge in [-0.1, -0.05) is 48.9 Å². The molecule has 0 bridgehead atoms. The van der Waals surface area contributed by atoms with Crippen LogP contribution in [0.5, 0.6) is 0 Å². The van der Waals surface area contributed by atoms with Crippen LogP contribution in [0.4, 0.5) is 0 Å². The summed E-state index contributed by atoms with van der Waals surface area (Å²) < 4.78 is 0. The van der Waals surface area contributed by atoms with Crippen LogP contribution in [0, 0.1) is 13.8 Å². The molecule has 0 aliphatic rings. The van der Waals surface area contributed by atoms with Crippen LogP contribution in [0.3, 0.4) is 0 Å². The number of hydrogen-bond acceptors (Lipinski definition) is 3. The van der Waals surface area contributed by atoms with Gasteiger partial charge in [0.25, 0.3) is 0 Å². The minimum atomic E-state index is -0.533. The van der Waals surface area contributed by atoms with Gasteiger partial charge in [-0.15, -0.1) is 11.8 Å². The summed E-state index contributed by atoms with van der Waals surface area (Å²) in [4.78, 5) is 28.6. The van der Waals surface area contributed by atoms with Crippen molar-refractivity contribution in [2.24, 2.45) is 0 Å². The third-order valence-electron chi connectivity index (χ3n) is 5.15. The Morgan fingerprint density at radius 3 is 2.31 bits per heavy atom. The van der Waals surface area contributed by atoms with Crippen molar-refractivity contribution >= 4 is 23.6 Å². The van der Waals surface area contributed by atoms with Gasteiger partial charge in [0.05, 0.1) is 5.75 Å². The van der Waals surface area contributed by atoms with E-state index in [4.69, 9.17) is 0 Å². The molecule has 29 heavy (non-hydrogen) atoms. The Labute approximate surface area is 179 Å². The lowest BCUT2D eigenvalue weighted by Crippen LogP contribution is -2.50. The van der Waals surface area contributed by atoms with E-state index in [2.05, 4.69) is 5.32 Å². The third kappa shape index (κ3) is 6.93. The smallest absolute Gasteiger partial charge is 0.242 e. The molecule has 0 spiro atoms. The summed E-state index contributed by atoms with van der Waals surface area (Å²) in [6, 6.07) is 15.7. The molecule has 2 aromatic rings. The van der Waals surface area contributed by atoms with Crippen molar-refractivity contribution in [2.45, 2.75) is 64.6 Å². The number of carbonyl (C=O) groups excluding carboxylic acids is 2. The van der Waals surface area contributed by atoms with Gasteiger partial charge in [-0.05, 0) is 57.4 Å². The van der Waals surface area contributed by atoms with Crippen molar-refractivity contribution < 1.29 is 9.59 Å². The maximum atomic E-state index is 13.1. The zero-order chi connectivity index (χ0) is 21.4. The van der Waals surface area contributed by atoms with Gasteiger partial charge in [-0.25, -0.2) is 0 Å². The van der Waals surface area contributed by atoms with Crippen molar-refractivity contribution in [3.63, 3.8) is 0 Å². The Kier molecular flexibility index (Phi) is 8.77. The second-order valence-electron chi connectivity index (χ2n) is 7.54. The average molecular weight is 413 g/mol. The van der Waals surface area contributed by atoms with Gasteiger partial charge in [0.2, 0.25) is 11.8 Å². The summed E-state index contributed by atoms with van der Waals surface area (Å²) in [5, 5.41) is 3.01. The van der Waals surface area contributed by atoms with Crippen LogP contribution in [0.2, 0.25) is 0 Å². The first kappa shape index (κ1) is 23.0. The summed E-state index contributed by atoms with van der Waals surface area (Å²) >= 11 is 1.50. The minimum absolute atomic E-state index is 0.0365. The zero-order valence-electron chi connectivity index (χ0n) is 18.1. The van der Waals surface area contributed by atoms with Crippen LogP contribution >= 0.6 is 11.8 Å². The largest absolute Gasteiger partial charge is 0.352 e. The summed E-state index contributed by atoms with van der Waals surface area (Å²) in [5.74, 6) is 0.155. The molecule has 0 unspecified atom stereocenters. The quantitative estimate of drug-likeness (QED) is 0.606. The first-order valence-electron chi connectivity index (χ1n) is 10.2. The molecule has 4 nitrogen and oxygen atoms in total. The van der Waals surface area contributed by atoms with E-state index in [1.54, 1.807) is 4.90 Å².